The van der Waals surface area contributed by atoms with E-state index < -0.39 is 5.60 Å². The largest absolute Gasteiger partial charge is 0.454 e. The number of hydrogen-bond acceptors (Lipinski definition) is 3. The van der Waals surface area contributed by atoms with E-state index >= 15 is 0 Å². The van der Waals surface area contributed by atoms with Crippen molar-refractivity contribution in [2.24, 2.45) is 5.92 Å². The third-order valence-electron chi connectivity index (χ3n) is 5.75. The van der Waals surface area contributed by atoms with Gasteiger partial charge in [-0.2, -0.15) is 0 Å². The molecule has 3 heteroatoms. The van der Waals surface area contributed by atoms with Crippen LogP contribution in [0.25, 0.3) is 0 Å². The van der Waals surface area contributed by atoms with Crippen molar-refractivity contribution in [2.75, 3.05) is 13.1 Å². The minimum atomic E-state index is -0.460. The number of carbonyl (C=O) groups is 1. The van der Waals surface area contributed by atoms with Crippen molar-refractivity contribution < 1.29 is 9.53 Å². The summed E-state index contributed by atoms with van der Waals surface area (Å²) in [5.74, 6) is 0.135. The molecule has 1 saturated heterocycles. The Morgan fingerprint density at radius 3 is 2.48 bits per heavy atom. The van der Waals surface area contributed by atoms with E-state index in [0.29, 0.717) is 5.92 Å². The molecule has 1 aromatic carbocycles. The molecule has 0 unspecified atom stereocenters. The summed E-state index contributed by atoms with van der Waals surface area (Å²) in [7, 11) is 0. The highest BCUT2D eigenvalue weighted by atomic mass is 16.6. The van der Waals surface area contributed by atoms with Crippen molar-refractivity contribution in [3.8, 4) is 0 Å². The summed E-state index contributed by atoms with van der Waals surface area (Å²) in [5, 5.41) is 0. The number of nitrogens with zero attached hydrogens (tertiary/aromatic N) is 1. The molecule has 0 radical (unpaired) electrons. The number of likely N-dealkylation sites (tertiary alicyclic amines) is 1. The third-order valence-corrected chi connectivity index (χ3v) is 5.75. The molecule has 1 aromatic rings. The maximum atomic E-state index is 11.8. The molecule has 3 nitrogen and oxygen atoms in total. The molecule has 1 aliphatic heterocycles. The highest BCUT2D eigenvalue weighted by molar-refractivity contribution is 5.67. The number of esters is 1. The van der Waals surface area contributed by atoms with Crippen LogP contribution >= 0.6 is 0 Å². The van der Waals surface area contributed by atoms with Crippen LogP contribution in [0.15, 0.2) is 30.3 Å². The Labute approximate surface area is 140 Å². The molecule has 2 aliphatic rings. The van der Waals surface area contributed by atoms with Gasteiger partial charge in [0.25, 0.3) is 0 Å². The molecule has 23 heavy (non-hydrogen) atoms. The first kappa shape index (κ1) is 16.5. The molecule has 1 aliphatic carbocycles. The quantitative estimate of drug-likeness (QED) is 0.786. The van der Waals surface area contributed by atoms with E-state index in [1.165, 1.54) is 39.0 Å². The van der Waals surface area contributed by atoms with Crippen LogP contribution in [0.2, 0.25) is 0 Å². The lowest BCUT2D eigenvalue weighted by Crippen LogP contribution is -2.54. The van der Waals surface area contributed by atoms with Crippen molar-refractivity contribution in [1.29, 1.82) is 0 Å². The van der Waals surface area contributed by atoms with E-state index in [9.17, 15) is 4.79 Å². The zero-order chi connectivity index (χ0) is 16.3. The van der Waals surface area contributed by atoms with Crippen LogP contribution in [-0.2, 0) is 15.1 Å². The minimum Gasteiger partial charge on any atom is -0.454 e. The van der Waals surface area contributed by atoms with E-state index in [1.54, 1.807) is 0 Å². The van der Waals surface area contributed by atoms with E-state index in [-0.39, 0.29) is 5.97 Å². The van der Waals surface area contributed by atoms with E-state index in [2.05, 4.69) is 24.0 Å². The average Bonchev–Trinajstić information content (AvgIpc) is 2.58. The Morgan fingerprint density at radius 2 is 1.87 bits per heavy atom. The SMILES string of the molecule is CC(=O)O[C@]1(c2ccccc2)CCN(C2CCCCC2)C[C@H]1C. The van der Waals surface area contributed by atoms with E-state index in [4.69, 9.17) is 4.74 Å². The summed E-state index contributed by atoms with van der Waals surface area (Å²) in [4.78, 5) is 14.4. The fraction of sp³-hybridized carbons (Fsp3) is 0.650. The lowest BCUT2D eigenvalue weighted by molar-refractivity contribution is -0.174. The smallest absolute Gasteiger partial charge is 0.303 e. The number of ether oxygens (including phenoxy) is 1. The molecule has 1 saturated carbocycles. The van der Waals surface area contributed by atoms with Gasteiger partial charge in [0, 0.05) is 38.4 Å². The average molecular weight is 315 g/mol. The first-order valence-electron chi connectivity index (χ1n) is 9.11. The van der Waals surface area contributed by atoms with Gasteiger partial charge in [0.1, 0.15) is 5.60 Å². The lowest BCUT2D eigenvalue weighted by Gasteiger charge is -2.48. The van der Waals surface area contributed by atoms with Gasteiger partial charge in [0.2, 0.25) is 0 Å². The van der Waals surface area contributed by atoms with E-state index in [0.717, 1.165) is 31.1 Å². The number of carbonyl (C=O) groups excluding carboxylic acids is 1. The fourth-order valence-corrected chi connectivity index (χ4v) is 4.54. The summed E-state index contributed by atoms with van der Waals surface area (Å²) in [6.45, 7) is 5.82. The van der Waals surface area contributed by atoms with Gasteiger partial charge in [-0.1, -0.05) is 56.5 Å². The fourth-order valence-electron chi connectivity index (χ4n) is 4.54. The Bertz CT molecular complexity index is 524. The van der Waals surface area contributed by atoms with Gasteiger partial charge in [0.05, 0.1) is 0 Å². The molecule has 3 rings (SSSR count). The zero-order valence-electron chi connectivity index (χ0n) is 14.5. The first-order valence-corrected chi connectivity index (χ1v) is 9.11. The molecule has 0 bridgehead atoms. The molecule has 0 N–H and O–H groups in total. The summed E-state index contributed by atoms with van der Waals surface area (Å²) in [6.07, 6.45) is 7.68. The van der Waals surface area contributed by atoms with Gasteiger partial charge in [-0.3, -0.25) is 9.69 Å². The molecule has 126 valence electrons. The summed E-state index contributed by atoms with van der Waals surface area (Å²) < 4.78 is 5.95. The summed E-state index contributed by atoms with van der Waals surface area (Å²) in [6, 6.07) is 11.1. The van der Waals surface area contributed by atoms with Crippen LogP contribution in [0, 0.1) is 5.92 Å². The molecule has 2 atom stereocenters. The van der Waals surface area contributed by atoms with Crippen LogP contribution in [0.5, 0.6) is 0 Å². The van der Waals surface area contributed by atoms with Crippen molar-refractivity contribution in [3.63, 3.8) is 0 Å². The summed E-state index contributed by atoms with van der Waals surface area (Å²) >= 11 is 0. The highest BCUT2D eigenvalue weighted by Gasteiger charge is 2.46. The molecule has 0 amide bonds. The van der Waals surface area contributed by atoms with Crippen molar-refractivity contribution in [3.05, 3.63) is 35.9 Å². The zero-order valence-corrected chi connectivity index (χ0v) is 14.5. The maximum Gasteiger partial charge on any atom is 0.303 e. The second-order valence-corrected chi connectivity index (χ2v) is 7.29. The first-order chi connectivity index (χ1) is 11.1. The predicted octanol–water partition coefficient (Wildman–Crippen LogP) is 4.12. The standard InChI is InChI=1S/C20H29NO2/c1-16-15-21(19-11-7-4-8-12-19)14-13-20(16,23-17(2)22)18-9-5-3-6-10-18/h3,5-6,9-10,16,19H,4,7-8,11-15H2,1-2H3/t16-,20-/m1/s1. The molecule has 2 fully saturated rings. The third kappa shape index (κ3) is 3.45. The number of hydrogen-bond donors (Lipinski definition) is 0. The molecule has 0 aromatic heterocycles. The normalized spacial score (nSPS) is 30.1. The maximum absolute atomic E-state index is 11.8. The van der Waals surface area contributed by atoms with Crippen LogP contribution in [0.4, 0.5) is 0 Å². The Balaban J connectivity index is 1.80. The van der Waals surface area contributed by atoms with Crippen LogP contribution in [0.1, 0.15) is 57.9 Å². The Kier molecular flexibility index (Phi) is 5.05. The van der Waals surface area contributed by atoms with Gasteiger partial charge in [-0.05, 0) is 18.4 Å². The van der Waals surface area contributed by atoms with Crippen LogP contribution in [0.3, 0.4) is 0 Å². The van der Waals surface area contributed by atoms with E-state index in [1.807, 2.05) is 18.2 Å². The molecular weight excluding hydrogens is 286 g/mol. The second-order valence-electron chi connectivity index (χ2n) is 7.29. The molecule has 0 spiro atoms. The minimum absolute atomic E-state index is 0.174. The lowest BCUT2D eigenvalue weighted by atomic mass is 9.75. The van der Waals surface area contributed by atoms with Crippen molar-refractivity contribution in [2.45, 2.75) is 64.0 Å². The highest BCUT2D eigenvalue weighted by Crippen LogP contribution is 2.42. The topological polar surface area (TPSA) is 29.5 Å². The summed E-state index contributed by atoms with van der Waals surface area (Å²) in [5.41, 5.74) is 0.684. The number of piperidine rings is 1. The van der Waals surface area contributed by atoms with Gasteiger partial charge in [0.15, 0.2) is 0 Å². The molecule has 1 heterocycles. The van der Waals surface area contributed by atoms with Crippen molar-refractivity contribution >= 4 is 5.97 Å². The number of benzene rings is 1. The van der Waals surface area contributed by atoms with Gasteiger partial charge >= 0.3 is 5.97 Å². The molecular formula is C20H29NO2. The number of rotatable bonds is 3. The van der Waals surface area contributed by atoms with Gasteiger partial charge in [-0.15, -0.1) is 0 Å². The van der Waals surface area contributed by atoms with Gasteiger partial charge in [-0.25, -0.2) is 0 Å². The monoisotopic (exact) mass is 315 g/mol. The van der Waals surface area contributed by atoms with Crippen molar-refractivity contribution in [1.82, 2.24) is 4.90 Å². The predicted molar refractivity (Wildman–Crippen MR) is 92.1 cm³/mol. The Hall–Kier alpha value is -1.35. The van der Waals surface area contributed by atoms with Crippen LogP contribution in [-0.4, -0.2) is 30.0 Å². The second kappa shape index (κ2) is 7.04. The Morgan fingerprint density at radius 1 is 1.17 bits per heavy atom. The van der Waals surface area contributed by atoms with Gasteiger partial charge < -0.3 is 4.74 Å². The van der Waals surface area contributed by atoms with Crippen LogP contribution < -0.4 is 0 Å².